The molecule has 1 aromatic rings. The van der Waals surface area contributed by atoms with Crippen LogP contribution in [0.25, 0.3) is 0 Å². The van der Waals surface area contributed by atoms with Gasteiger partial charge in [0, 0.05) is 24.0 Å². The molecule has 0 saturated heterocycles. The first-order valence-corrected chi connectivity index (χ1v) is 6.39. The number of imidazole rings is 1. The molecule has 0 bridgehead atoms. The van der Waals surface area contributed by atoms with E-state index in [1.54, 1.807) is 0 Å². The van der Waals surface area contributed by atoms with Crippen LogP contribution in [0.3, 0.4) is 0 Å². The zero-order chi connectivity index (χ0) is 9.97. The second-order valence-electron chi connectivity index (χ2n) is 3.77. The summed E-state index contributed by atoms with van der Waals surface area (Å²) >= 11 is 1.97. The number of hydrogen-bond donors (Lipinski definition) is 1. The van der Waals surface area contributed by atoms with Crippen LogP contribution >= 0.6 is 11.8 Å². The lowest BCUT2D eigenvalue weighted by molar-refractivity contribution is 0.510. The SMILES string of the molecule is CSC1CCCC1n1cncc1CN. The number of nitrogens with two attached hydrogens (primary N) is 1. The van der Waals surface area contributed by atoms with Crippen molar-refractivity contribution in [1.82, 2.24) is 9.55 Å². The molecule has 1 fully saturated rings. The van der Waals surface area contributed by atoms with Gasteiger partial charge in [0.2, 0.25) is 0 Å². The number of aromatic nitrogens is 2. The maximum Gasteiger partial charge on any atom is 0.0951 e. The summed E-state index contributed by atoms with van der Waals surface area (Å²) in [5.41, 5.74) is 6.84. The molecule has 1 aliphatic carbocycles. The molecular formula is C10H17N3S. The van der Waals surface area contributed by atoms with Crippen molar-refractivity contribution in [3.05, 3.63) is 18.2 Å². The van der Waals surface area contributed by atoms with Crippen molar-refractivity contribution >= 4 is 11.8 Å². The highest BCUT2D eigenvalue weighted by molar-refractivity contribution is 7.99. The summed E-state index contributed by atoms with van der Waals surface area (Å²) in [6.07, 6.45) is 9.94. The highest BCUT2D eigenvalue weighted by atomic mass is 32.2. The molecule has 2 unspecified atom stereocenters. The average Bonchev–Trinajstić information content (AvgIpc) is 2.85. The van der Waals surface area contributed by atoms with Gasteiger partial charge in [-0.05, 0) is 19.1 Å². The monoisotopic (exact) mass is 211 g/mol. The molecule has 2 N–H and O–H groups in total. The summed E-state index contributed by atoms with van der Waals surface area (Å²) < 4.78 is 2.27. The summed E-state index contributed by atoms with van der Waals surface area (Å²) in [7, 11) is 0. The van der Waals surface area contributed by atoms with Crippen molar-refractivity contribution in [3.8, 4) is 0 Å². The van der Waals surface area contributed by atoms with Gasteiger partial charge in [-0.1, -0.05) is 6.42 Å². The van der Waals surface area contributed by atoms with E-state index in [2.05, 4.69) is 15.8 Å². The maximum atomic E-state index is 5.68. The van der Waals surface area contributed by atoms with Crippen molar-refractivity contribution in [1.29, 1.82) is 0 Å². The van der Waals surface area contributed by atoms with Gasteiger partial charge in [-0.3, -0.25) is 0 Å². The Morgan fingerprint density at radius 2 is 2.50 bits per heavy atom. The summed E-state index contributed by atoms with van der Waals surface area (Å²) in [5.74, 6) is 0. The predicted molar refractivity (Wildman–Crippen MR) is 60.3 cm³/mol. The van der Waals surface area contributed by atoms with Crippen LogP contribution in [0.5, 0.6) is 0 Å². The number of hydrogen-bond acceptors (Lipinski definition) is 3. The first kappa shape index (κ1) is 10.1. The van der Waals surface area contributed by atoms with Gasteiger partial charge in [0.25, 0.3) is 0 Å². The maximum absolute atomic E-state index is 5.68. The quantitative estimate of drug-likeness (QED) is 0.829. The fourth-order valence-corrected chi connectivity index (χ4v) is 3.27. The summed E-state index contributed by atoms with van der Waals surface area (Å²) in [6.45, 7) is 0.595. The largest absolute Gasteiger partial charge is 0.329 e. The van der Waals surface area contributed by atoms with Gasteiger partial charge in [-0.2, -0.15) is 11.8 Å². The molecule has 0 radical (unpaired) electrons. The van der Waals surface area contributed by atoms with E-state index in [4.69, 9.17) is 5.73 Å². The van der Waals surface area contributed by atoms with Crippen LogP contribution in [0.4, 0.5) is 0 Å². The molecular weight excluding hydrogens is 194 g/mol. The van der Waals surface area contributed by atoms with Crippen molar-refractivity contribution in [2.24, 2.45) is 5.73 Å². The lowest BCUT2D eigenvalue weighted by Crippen LogP contribution is -2.18. The van der Waals surface area contributed by atoms with Crippen molar-refractivity contribution in [3.63, 3.8) is 0 Å². The topological polar surface area (TPSA) is 43.8 Å². The van der Waals surface area contributed by atoms with Gasteiger partial charge in [0.05, 0.1) is 12.0 Å². The minimum absolute atomic E-state index is 0.595. The Hall–Kier alpha value is -0.480. The third-order valence-electron chi connectivity index (χ3n) is 3.03. The normalized spacial score (nSPS) is 27.0. The smallest absolute Gasteiger partial charge is 0.0951 e. The Bertz CT molecular complexity index is 297. The zero-order valence-electron chi connectivity index (χ0n) is 8.52. The van der Waals surface area contributed by atoms with Crippen LogP contribution in [0.2, 0.25) is 0 Å². The first-order chi connectivity index (χ1) is 6.86. The van der Waals surface area contributed by atoms with Gasteiger partial charge >= 0.3 is 0 Å². The molecule has 1 aliphatic rings. The Balaban J connectivity index is 2.21. The lowest BCUT2D eigenvalue weighted by atomic mass is 10.2. The minimum atomic E-state index is 0.595. The standard InChI is InChI=1S/C10H17N3S/c1-14-10-4-2-3-9(10)13-7-12-6-8(13)5-11/h6-7,9-10H,2-5,11H2,1H3. The van der Waals surface area contributed by atoms with Gasteiger partial charge in [0.1, 0.15) is 0 Å². The van der Waals surface area contributed by atoms with Crippen LogP contribution < -0.4 is 5.73 Å². The minimum Gasteiger partial charge on any atom is -0.329 e. The van der Waals surface area contributed by atoms with Crippen molar-refractivity contribution in [2.45, 2.75) is 37.1 Å². The Morgan fingerprint density at radius 1 is 1.64 bits per heavy atom. The van der Waals surface area contributed by atoms with Crippen molar-refractivity contribution < 1.29 is 0 Å². The first-order valence-electron chi connectivity index (χ1n) is 5.10. The van der Waals surface area contributed by atoms with E-state index in [9.17, 15) is 0 Å². The van der Waals surface area contributed by atoms with Gasteiger partial charge in [-0.25, -0.2) is 4.98 Å². The molecule has 0 aromatic carbocycles. The Labute approximate surface area is 89.1 Å². The fraction of sp³-hybridized carbons (Fsp3) is 0.700. The molecule has 0 spiro atoms. The zero-order valence-corrected chi connectivity index (χ0v) is 9.33. The average molecular weight is 211 g/mol. The van der Waals surface area contributed by atoms with Gasteiger partial charge < -0.3 is 10.3 Å². The van der Waals surface area contributed by atoms with Crippen LogP contribution in [0.1, 0.15) is 31.0 Å². The molecule has 3 nitrogen and oxygen atoms in total. The highest BCUT2D eigenvalue weighted by Crippen LogP contribution is 2.37. The Morgan fingerprint density at radius 3 is 3.21 bits per heavy atom. The molecule has 1 heterocycles. The van der Waals surface area contributed by atoms with Crippen LogP contribution in [0, 0.1) is 0 Å². The van der Waals surface area contributed by atoms with E-state index in [1.807, 2.05) is 24.3 Å². The van der Waals surface area contributed by atoms with E-state index < -0.39 is 0 Å². The molecule has 1 aromatic heterocycles. The van der Waals surface area contributed by atoms with E-state index in [-0.39, 0.29) is 0 Å². The van der Waals surface area contributed by atoms with E-state index in [1.165, 1.54) is 19.3 Å². The predicted octanol–water partition coefficient (Wildman–Crippen LogP) is 1.80. The molecule has 1 saturated carbocycles. The van der Waals surface area contributed by atoms with Crippen LogP contribution in [-0.4, -0.2) is 21.1 Å². The molecule has 0 aliphatic heterocycles. The third-order valence-corrected chi connectivity index (χ3v) is 4.19. The molecule has 2 atom stereocenters. The summed E-state index contributed by atoms with van der Waals surface area (Å²) in [5, 5.41) is 0.745. The van der Waals surface area contributed by atoms with Crippen molar-refractivity contribution in [2.75, 3.05) is 6.26 Å². The van der Waals surface area contributed by atoms with Gasteiger partial charge in [-0.15, -0.1) is 0 Å². The van der Waals surface area contributed by atoms with Gasteiger partial charge in [0.15, 0.2) is 0 Å². The number of nitrogens with zero attached hydrogens (tertiary/aromatic N) is 2. The number of rotatable bonds is 3. The highest BCUT2D eigenvalue weighted by Gasteiger charge is 2.28. The third kappa shape index (κ3) is 1.68. The molecule has 14 heavy (non-hydrogen) atoms. The lowest BCUT2D eigenvalue weighted by Gasteiger charge is -2.21. The van der Waals surface area contributed by atoms with E-state index in [0.717, 1.165) is 10.9 Å². The van der Waals surface area contributed by atoms with E-state index >= 15 is 0 Å². The summed E-state index contributed by atoms with van der Waals surface area (Å²) in [6, 6.07) is 0.617. The van der Waals surface area contributed by atoms with E-state index in [0.29, 0.717) is 12.6 Å². The van der Waals surface area contributed by atoms with Crippen LogP contribution in [0.15, 0.2) is 12.5 Å². The second kappa shape index (κ2) is 4.36. The fourth-order valence-electron chi connectivity index (χ4n) is 2.29. The molecule has 4 heteroatoms. The molecule has 2 rings (SSSR count). The van der Waals surface area contributed by atoms with Crippen LogP contribution in [-0.2, 0) is 6.54 Å². The molecule has 78 valence electrons. The summed E-state index contributed by atoms with van der Waals surface area (Å²) in [4.78, 5) is 4.18. The molecule has 0 amide bonds. The second-order valence-corrected chi connectivity index (χ2v) is 4.85. The Kier molecular flexibility index (Phi) is 3.13. The number of thioether (sulfide) groups is 1.